The normalized spacial score (nSPS) is 21.0. The summed E-state index contributed by atoms with van der Waals surface area (Å²) in [5.74, 6) is 3.85. The highest BCUT2D eigenvalue weighted by atomic mass is 32.2. The van der Waals surface area contributed by atoms with Gasteiger partial charge < -0.3 is 29.7 Å². The Hall–Kier alpha value is -3.82. The topological polar surface area (TPSA) is 181 Å². The first-order chi connectivity index (χ1) is 23.8. The quantitative estimate of drug-likeness (QED) is 0.283. The summed E-state index contributed by atoms with van der Waals surface area (Å²) in [7, 11) is -4.02. The molecule has 14 nitrogen and oxygen atoms in total. The van der Waals surface area contributed by atoms with Gasteiger partial charge in [0.1, 0.15) is 0 Å². The van der Waals surface area contributed by atoms with Crippen molar-refractivity contribution in [2.24, 2.45) is 17.6 Å². The van der Waals surface area contributed by atoms with Crippen LogP contribution >= 0.6 is 0 Å². The van der Waals surface area contributed by atoms with Crippen LogP contribution in [0.2, 0.25) is 0 Å². The lowest BCUT2D eigenvalue weighted by molar-refractivity contribution is -0.135. The molecule has 0 spiro atoms. The van der Waals surface area contributed by atoms with Crippen LogP contribution in [0.15, 0.2) is 39.9 Å². The smallest absolute Gasteiger partial charge is 0.324 e. The van der Waals surface area contributed by atoms with E-state index in [1.165, 1.54) is 12.1 Å². The van der Waals surface area contributed by atoms with Crippen molar-refractivity contribution in [1.29, 1.82) is 0 Å². The van der Waals surface area contributed by atoms with Crippen LogP contribution < -0.4 is 20.3 Å². The van der Waals surface area contributed by atoms with Gasteiger partial charge in [0.05, 0.1) is 29.4 Å². The number of hydrogen-bond acceptors (Lipinski definition) is 12. The molecular formula is C35H52N8O6S. The van der Waals surface area contributed by atoms with Crippen LogP contribution in [0, 0.1) is 25.7 Å². The minimum absolute atomic E-state index is 0.0236. The Balaban J connectivity index is 0.000000377. The number of carbonyl (C=O) groups is 1. The first-order valence-corrected chi connectivity index (χ1v) is 19.1. The Bertz CT molecular complexity index is 1680. The molecule has 1 amide bonds. The van der Waals surface area contributed by atoms with Crippen LogP contribution in [-0.4, -0.2) is 95.3 Å². The fourth-order valence-electron chi connectivity index (χ4n) is 6.77. The zero-order valence-electron chi connectivity index (χ0n) is 29.9. The summed E-state index contributed by atoms with van der Waals surface area (Å²) in [6.07, 6.45) is 7.63. The summed E-state index contributed by atoms with van der Waals surface area (Å²) in [4.78, 5) is 32.5. The molecule has 3 fully saturated rings. The number of hydrogen-bond donors (Lipinski definition) is 2. The third-order valence-electron chi connectivity index (χ3n) is 10.0. The van der Waals surface area contributed by atoms with Crippen LogP contribution in [0.25, 0.3) is 0 Å². The van der Waals surface area contributed by atoms with E-state index in [1.807, 2.05) is 18.7 Å². The van der Waals surface area contributed by atoms with Gasteiger partial charge in [0.25, 0.3) is 10.1 Å². The molecule has 1 aromatic carbocycles. The van der Waals surface area contributed by atoms with E-state index in [9.17, 15) is 13.2 Å². The maximum Gasteiger partial charge on any atom is 0.324 e. The summed E-state index contributed by atoms with van der Waals surface area (Å²) in [5, 5.41) is 4.10. The van der Waals surface area contributed by atoms with Crippen LogP contribution in [0.5, 0.6) is 5.75 Å². The van der Waals surface area contributed by atoms with Gasteiger partial charge >= 0.3 is 6.01 Å². The predicted octanol–water partition coefficient (Wildman–Crippen LogP) is 4.38. The van der Waals surface area contributed by atoms with Crippen molar-refractivity contribution in [2.45, 2.75) is 96.0 Å². The molecule has 3 aliphatic rings. The van der Waals surface area contributed by atoms with Gasteiger partial charge in [-0.3, -0.25) is 9.35 Å². The molecule has 3 aliphatic heterocycles. The van der Waals surface area contributed by atoms with Crippen molar-refractivity contribution in [2.75, 3.05) is 49.1 Å². The van der Waals surface area contributed by atoms with Crippen molar-refractivity contribution in [1.82, 2.24) is 25.0 Å². The average Bonchev–Trinajstić information content (AvgIpc) is 3.74. The van der Waals surface area contributed by atoms with Gasteiger partial charge in [-0.05, 0) is 69.9 Å². The lowest BCUT2D eigenvalue weighted by Gasteiger charge is -2.34. The monoisotopic (exact) mass is 712 g/mol. The largest absolute Gasteiger partial charge is 0.490 e. The average molecular weight is 713 g/mol. The standard InChI is InChI=1S/C28H44N8O3.C7H8O3S/c1-18(2)26-32-28(39-33-26)34-12-8-21(9-13-34)19(3)10-14-38-24-15-30-27(31-20(24)4)35-16-22(29)23(17-35)36-11-6-5-7-25(36)37;1-6-2-4-7(5-3-6)11(8,9)10/h15,18-19,21-23H,5-14,16-17,29H2,1-4H3;2-5H,1H3,(H,8,9,10)/t19-,22+,23+;/m1./s1. The summed E-state index contributed by atoms with van der Waals surface area (Å²) in [6, 6.07) is 6.57. The highest BCUT2D eigenvalue weighted by molar-refractivity contribution is 7.85. The molecule has 15 heteroatoms. The predicted molar refractivity (Wildman–Crippen MR) is 190 cm³/mol. The van der Waals surface area contributed by atoms with E-state index in [0.717, 1.165) is 74.6 Å². The number of piperidine rings is 2. The van der Waals surface area contributed by atoms with E-state index < -0.39 is 10.1 Å². The molecular weight excluding hydrogens is 661 g/mol. The summed E-state index contributed by atoms with van der Waals surface area (Å²) >= 11 is 0. The third kappa shape index (κ3) is 9.49. The fourth-order valence-corrected chi connectivity index (χ4v) is 7.25. The molecule has 0 radical (unpaired) electrons. The van der Waals surface area contributed by atoms with E-state index in [1.54, 1.807) is 18.3 Å². The van der Waals surface area contributed by atoms with Gasteiger partial charge in [-0.15, -0.1) is 0 Å². The molecule has 2 aromatic heterocycles. The van der Waals surface area contributed by atoms with Gasteiger partial charge in [-0.2, -0.15) is 13.4 Å². The Morgan fingerprint density at radius 1 is 1.02 bits per heavy atom. The van der Waals surface area contributed by atoms with E-state index in [2.05, 4.69) is 45.7 Å². The Morgan fingerprint density at radius 3 is 2.36 bits per heavy atom. The van der Waals surface area contributed by atoms with Crippen molar-refractivity contribution in [3.05, 3.63) is 47.5 Å². The van der Waals surface area contributed by atoms with Gasteiger partial charge in [-0.25, -0.2) is 9.97 Å². The number of likely N-dealkylation sites (tertiary alicyclic amines) is 1. The van der Waals surface area contributed by atoms with Crippen molar-refractivity contribution >= 4 is 28.0 Å². The molecule has 6 rings (SSSR count). The van der Waals surface area contributed by atoms with Gasteiger partial charge in [0.2, 0.25) is 11.9 Å². The second-order valence-electron chi connectivity index (χ2n) is 14.1. The molecule has 3 aromatic rings. The number of rotatable bonds is 10. The number of nitrogens with two attached hydrogens (primary N) is 1. The molecule has 0 saturated carbocycles. The number of ether oxygens (including phenoxy) is 1. The Labute approximate surface area is 295 Å². The van der Waals surface area contributed by atoms with Crippen molar-refractivity contribution in [3.8, 4) is 5.75 Å². The van der Waals surface area contributed by atoms with Crippen LogP contribution in [-0.2, 0) is 14.9 Å². The summed E-state index contributed by atoms with van der Waals surface area (Å²) in [6.45, 7) is 14.9. The minimum Gasteiger partial charge on any atom is -0.490 e. The molecule has 0 unspecified atom stereocenters. The fraction of sp³-hybridized carbons (Fsp3) is 0.629. The van der Waals surface area contributed by atoms with Crippen LogP contribution in [0.3, 0.4) is 0 Å². The third-order valence-corrected chi connectivity index (χ3v) is 10.9. The van der Waals surface area contributed by atoms with E-state index in [-0.39, 0.29) is 28.8 Å². The van der Waals surface area contributed by atoms with Gasteiger partial charge in [0.15, 0.2) is 11.6 Å². The Morgan fingerprint density at radius 2 is 1.74 bits per heavy atom. The highest BCUT2D eigenvalue weighted by Crippen LogP contribution is 2.30. The first kappa shape index (κ1) is 37.4. The van der Waals surface area contributed by atoms with Crippen molar-refractivity contribution < 1.29 is 27.0 Å². The maximum absolute atomic E-state index is 12.4. The minimum atomic E-state index is -4.02. The molecule has 274 valence electrons. The number of nitrogens with zero attached hydrogens (tertiary/aromatic N) is 7. The summed E-state index contributed by atoms with van der Waals surface area (Å²) in [5.41, 5.74) is 8.23. The number of carbonyl (C=O) groups excluding carboxylic acids is 1. The molecule has 3 saturated heterocycles. The number of aromatic nitrogens is 4. The second-order valence-corrected chi connectivity index (χ2v) is 15.5. The SMILES string of the molecule is Cc1ccc(S(=O)(=O)O)cc1.Cc1nc(N2C[C@H](N)[C@@H](N3CCCCC3=O)C2)ncc1OCC[C@@H](C)C1CCN(c2nc(C(C)C)no2)CC1. The Kier molecular flexibility index (Phi) is 12.3. The van der Waals surface area contributed by atoms with Gasteiger partial charge in [-0.1, -0.05) is 43.6 Å². The van der Waals surface area contributed by atoms with Crippen LogP contribution in [0.4, 0.5) is 12.0 Å². The zero-order chi connectivity index (χ0) is 36.0. The zero-order valence-corrected chi connectivity index (χ0v) is 30.7. The number of aryl methyl sites for hydroxylation is 2. The van der Waals surface area contributed by atoms with E-state index in [0.29, 0.717) is 49.9 Å². The lowest BCUT2D eigenvalue weighted by Crippen LogP contribution is -2.51. The first-order valence-electron chi connectivity index (χ1n) is 17.7. The number of anilines is 2. The lowest BCUT2D eigenvalue weighted by atomic mass is 9.84. The van der Waals surface area contributed by atoms with Crippen LogP contribution in [0.1, 0.15) is 82.3 Å². The molecule has 5 heterocycles. The van der Waals surface area contributed by atoms with E-state index >= 15 is 0 Å². The molecule has 3 atom stereocenters. The molecule has 50 heavy (non-hydrogen) atoms. The van der Waals surface area contributed by atoms with Crippen molar-refractivity contribution in [3.63, 3.8) is 0 Å². The summed E-state index contributed by atoms with van der Waals surface area (Å²) < 4.78 is 41.1. The highest BCUT2D eigenvalue weighted by Gasteiger charge is 2.38. The molecule has 3 N–H and O–H groups in total. The number of amides is 1. The molecule has 0 aliphatic carbocycles. The number of benzene rings is 1. The van der Waals surface area contributed by atoms with E-state index in [4.69, 9.17) is 24.5 Å². The van der Waals surface area contributed by atoms with Gasteiger partial charge in [0, 0.05) is 51.1 Å². The second kappa shape index (κ2) is 16.5. The maximum atomic E-state index is 12.4. The molecule has 0 bridgehead atoms.